The van der Waals surface area contributed by atoms with E-state index in [0.29, 0.717) is 5.41 Å². The molecule has 0 N–H and O–H groups in total. The maximum absolute atomic E-state index is 4.15. The Labute approximate surface area is 131 Å². The van der Waals surface area contributed by atoms with E-state index in [9.17, 15) is 0 Å². The van der Waals surface area contributed by atoms with Crippen molar-refractivity contribution in [3.8, 4) is 0 Å². The molecule has 2 saturated carbocycles. The van der Waals surface area contributed by atoms with Crippen molar-refractivity contribution in [2.45, 2.75) is 71.6 Å². The molecule has 0 aromatic carbocycles. The zero-order valence-corrected chi connectivity index (χ0v) is 14.0. The largest absolute Gasteiger partial charge is 0.103 e. The first-order valence-electron chi connectivity index (χ1n) is 9.47. The van der Waals surface area contributed by atoms with Crippen LogP contribution in [0.3, 0.4) is 0 Å². The average Bonchev–Trinajstić information content (AvgIpc) is 2.83. The molecule has 0 aromatic heterocycles. The second-order valence-electron chi connectivity index (χ2n) is 8.86. The zero-order chi connectivity index (χ0) is 14.6. The normalized spacial score (nSPS) is 49.3. The van der Waals surface area contributed by atoms with Gasteiger partial charge in [0.15, 0.2) is 0 Å². The monoisotopic (exact) mass is 284 g/mol. The van der Waals surface area contributed by atoms with Crippen molar-refractivity contribution in [3.05, 3.63) is 23.8 Å². The van der Waals surface area contributed by atoms with E-state index in [1.165, 1.54) is 57.8 Å². The third kappa shape index (κ3) is 2.01. The van der Waals surface area contributed by atoms with Crippen molar-refractivity contribution >= 4 is 0 Å². The summed E-state index contributed by atoms with van der Waals surface area (Å²) in [6.07, 6.45) is 15.4. The topological polar surface area (TPSA) is 0 Å². The fourth-order valence-corrected chi connectivity index (χ4v) is 6.83. The molecule has 6 unspecified atom stereocenters. The van der Waals surface area contributed by atoms with Crippen molar-refractivity contribution < 1.29 is 0 Å². The van der Waals surface area contributed by atoms with Gasteiger partial charge in [-0.05, 0) is 92.8 Å². The molecular formula is C21H32. The van der Waals surface area contributed by atoms with Gasteiger partial charge in [0.25, 0.3) is 0 Å². The molecule has 0 radical (unpaired) electrons. The standard InChI is InChI=1S/C21H32/c1-4-16-7-10-20-19-9-6-15-13-14(2)5-8-17(15)18(19)11-12-21(16,20)3/h4,14,16,18-20H,1,5-13H2,2-3H3. The molecule has 0 heteroatoms. The second-order valence-corrected chi connectivity index (χ2v) is 8.86. The summed E-state index contributed by atoms with van der Waals surface area (Å²) >= 11 is 0. The Bertz CT molecular complexity index is 470. The molecule has 21 heavy (non-hydrogen) atoms. The molecule has 6 atom stereocenters. The van der Waals surface area contributed by atoms with E-state index in [1.54, 1.807) is 0 Å². The highest BCUT2D eigenvalue weighted by molar-refractivity contribution is 5.27. The van der Waals surface area contributed by atoms with Gasteiger partial charge in [0.1, 0.15) is 0 Å². The highest BCUT2D eigenvalue weighted by atomic mass is 14.6. The van der Waals surface area contributed by atoms with Crippen LogP contribution >= 0.6 is 0 Å². The van der Waals surface area contributed by atoms with Crippen LogP contribution in [0, 0.1) is 35.0 Å². The van der Waals surface area contributed by atoms with Crippen molar-refractivity contribution in [2.75, 3.05) is 0 Å². The smallest absolute Gasteiger partial charge is 0.0169 e. The number of fused-ring (bicyclic) bond motifs is 4. The number of hydrogen-bond acceptors (Lipinski definition) is 0. The molecule has 0 nitrogen and oxygen atoms in total. The molecule has 0 aliphatic heterocycles. The first-order valence-corrected chi connectivity index (χ1v) is 9.47. The van der Waals surface area contributed by atoms with Gasteiger partial charge in [0.05, 0.1) is 0 Å². The van der Waals surface area contributed by atoms with Gasteiger partial charge in [-0.3, -0.25) is 0 Å². The first-order chi connectivity index (χ1) is 10.1. The number of allylic oxidation sites excluding steroid dienone is 3. The van der Waals surface area contributed by atoms with E-state index in [-0.39, 0.29) is 0 Å². The highest BCUT2D eigenvalue weighted by Crippen LogP contribution is 2.63. The van der Waals surface area contributed by atoms with E-state index in [0.717, 1.165) is 29.6 Å². The summed E-state index contributed by atoms with van der Waals surface area (Å²) in [4.78, 5) is 0. The van der Waals surface area contributed by atoms with Gasteiger partial charge in [-0.2, -0.15) is 0 Å². The maximum atomic E-state index is 4.15. The van der Waals surface area contributed by atoms with Crippen LogP contribution in [0.25, 0.3) is 0 Å². The minimum absolute atomic E-state index is 0.586. The highest BCUT2D eigenvalue weighted by Gasteiger charge is 2.54. The molecule has 0 bridgehead atoms. The van der Waals surface area contributed by atoms with Crippen LogP contribution in [0.1, 0.15) is 71.6 Å². The minimum Gasteiger partial charge on any atom is -0.103 e. The van der Waals surface area contributed by atoms with Crippen molar-refractivity contribution in [3.63, 3.8) is 0 Å². The molecule has 4 aliphatic rings. The quantitative estimate of drug-likeness (QED) is 0.507. The average molecular weight is 284 g/mol. The van der Waals surface area contributed by atoms with Crippen LogP contribution in [0.4, 0.5) is 0 Å². The Balaban J connectivity index is 1.63. The van der Waals surface area contributed by atoms with Gasteiger partial charge in [0.2, 0.25) is 0 Å². The van der Waals surface area contributed by atoms with Gasteiger partial charge in [-0.15, -0.1) is 6.58 Å². The summed E-state index contributed by atoms with van der Waals surface area (Å²) in [6, 6.07) is 0. The lowest BCUT2D eigenvalue weighted by Gasteiger charge is -2.52. The van der Waals surface area contributed by atoms with Crippen LogP contribution in [0.15, 0.2) is 23.8 Å². The fourth-order valence-electron chi connectivity index (χ4n) is 6.83. The van der Waals surface area contributed by atoms with Gasteiger partial charge in [-0.25, -0.2) is 0 Å². The third-order valence-corrected chi connectivity index (χ3v) is 7.98. The van der Waals surface area contributed by atoms with Crippen molar-refractivity contribution in [2.24, 2.45) is 35.0 Å². The van der Waals surface area contributed by atoms with Crippen LogP contribution in [-0.2, 0) is 0 Å². The molecule has 0 aromatic rings. The lowest BCUT2D eigenvalue weighted by Crippen LogP contribution is -2.43. The molecule has 4 rings (SSSR count). The molecule has 0 saturated heterocycles. The molecular weight excluding hydrogens is 252 g/mol. The summed E-state index contributed by atoms with van der Waals surface area (Å²) in [5.41, 5.74) is 4.44. The first kappa shape index (κ1) is 14.1. The predicted molar refractivity (Wildman–Crippen MR) is 90.0 cm³/mol. The van der Waals surface area contributed by atoms with Gasteiger partial charge in [-0.1, -0.05) is 31.1 Å². The SMILES string of the molecule is C=CC1CCC2C3CCC4=C(CCC(C)C4)C3CCC12C. The number of hydrogen-bond donors (Lipinski definition) is 0. The van der Waals surface area contributed by atoms with E-state index in [4.69, 9.17) is 0 Å². The molecule has 0 spiro atoms. The van der Waals surface area contributed by atoms with E-state index >= 15 is 0 Å². The zero-order valence-electron chi connectivity index (χ0n) is 14.0. The Morgan fingerprint density at radius 3 is 2.76 bits per heavy atom. The summed E-state index contributed by atoms with van der Waals surface area (Å²) in [5.74, 6) is 4.73. The van der Waals surface area contributed by atoms with Crippen LogP contribution < -0.4 is 0 Å². The van der Waals surface area contributed by atoms with Crippen LogP contribution in [-0.4, -0.2) is 0 Å². The Morgan fingerprint density at radius 2 is 1.95 bits per heavy atom. The Morgan fingerprint density at radius 1 is 1.10 bits per heavy atom. The lowest BCUT2D eigenvalue weighted by molar-refractivity contribution is 0.0236. The lowest BCUT2D eigenvalue weighted by atomic mass is 9.53. The molecule has 0 heterocycles. The summed E-state index contributed by atoms with van der Waals surface area (Å²) in [5, 5.41) is 0. The Hall–Kier alpha value is -0.520. The summed E-state index contributed by atoms with van der Waals surface area (Å²) in [6.45, 7) is 9.20. The minimum atomic E-state index is 0.586. The number of rotatable bonds is 1. The second kappa shape index (κ2) is 5.00. The molecule has 116 valence electrons. The summed E-state index contributed by atoms with van der Waals surface area (Å²) < 4.78 is 0. The van der Waals surface area contributed by atoms with Gasteiger partial charge < -0.3 is 0 Å². The van der Waals surface area contributed by atoms with Crippen LogP contribution in [0.2, 0.25) is 0 Å². The van der Waals surface area contributed by atoms with E-state index in [1.807, 2.05) is 11.1 Å². The van der Waals surface area contributed by atoms with Crippen molar-refractivity contribution in [1.29, 1.82) is 0 Å². The van der Waals surface area contributed by atoms with Gasteiger partial charge >= 0.3 is 0 Å². The predicted octanol–water partition coefficient (Wildman–Crippen LogP) is 6.14. The molecule has 2 fully saturated rings. The maximum Gasteiger partial charge on any atom is -0.0169 e. The molecule has 4 aliphatic carbocycles. The third-order valence-electron chi connectivity index (χ3n) is 7.98. The van der Waals surface area contributed by atoms with E-state index < -0.39 is 0 Å². The molecule has 0 amide bonds. The Kier molecular flexibility index (Phi) is 3.36. The van der Waals surface area contributed by atoms with E-state index in [2.05, 4.69) is 26.5 Å². The van der Waals surface area contributed by atoms with Crippen molar-refractivity contribution in [1.82, 2.24) is 0 Å². The van der Waals surface area contributed by atoms with Crippen LogP contribution in [0.5, 0.6) is 0 Å². The van der Waals surface area contributed by atoms with Gasteiger partial charge in [0, 0.05) is 0 Å². The summed E-state index contributed by atoms with van der Waals surface area (Å²) in [7, 11) is 0. The fraction of sp³-hybridized carbons (Fsp3) is 0.810.